The van der Waals surface area contributed by atoms with Gasteiger partial charge in [0.15, 0.2) is 6.10 Å². The van der Waals surface area contributed by atoms with E-state index in [4.69, 9.17) is 14.9 Å². The summed E-state index contributed by atoms with van der Waals surface area (Å²) in [7, 11) is 0. The number of hydrogen-bond donors (Lipinski definition) is 2. The van der Waals surface area contributed by atoms with Crippen LogP contribution < -0.4 is 15.8 Å². The van der Waals surface area contributed by atoms with E-state index in [1.54, 1.807) is 25.3 Å². The van der Waals surface area contributed by atoms with Gasteiger partial charge in [0, 0.05) is 5.69 Å². The lowest BCUT2D eigenvalue weighted by Crippen LogP contribution is -2.36. The van der Waals surface area contributed by atoms with Crippen LogP contribution in [-0.2, 0) is 11.3 Å². The summed E-state index contributed by atoms with van der Waals surface area (Å²) in [4.78, 5) is 12.0. The Morgan fingerprint density at radius 3 is 2.81 bits per heavy atom. The summed E-state index contributed by atoms with van der Waals surface area (Å²) in [6.45, 7) is 5.86. The molecule has 0 bridgehead atoms. The smallest absolute Gasteiger partial charge is 0.261 e. The largest absolute Gasteiger partial charge is 0.481 e. The molecule has 0 saturated heterocycles. The standard InChI is InChI=1S/C16H20N2O3/c1-10-8-15(11(2)7-14(10)17)21-12(3)16(19)18-9-13-5-4-6-20-13/h4-8,12H,9,17H2,1-3H3,(H,18,19). The van der Waals surface area contributed by atoms with Crippen molar-refractivity contribution in [2.45, 2.75) is 33.4 Å². The van der Waals surface area contributed by atoms with E-state index < -0.39 is 6.10 Å². The average molecular weight is 288 g/mol. The lowest BCUT2D eigenvalue weighted by molar-refractivity contribution is -0.127. The van der Waals surface area contributed by atoms with Crippen LogP contribution in [0.25, 0.3) is 0 Å². The number of carbonyl (C=O) groups is 1. The number of furan rings is 1. The molecule has 2 rings (SSSR count). The van der Waals surface area contributed by atoms with E-state index in [0.717, 1.165) is 16.8 Å². The first-order valence-electron chi connectivity index (χ1n) is 6.81. The number of rotatable bonds is 5. The van der Waals surface area contributed by atoms with Crippen molar-refractivity contribution in [2.24, 2.45) is 0 Å². The first-order chi connectivity index (χ1) is 9.97. The van der Waals surface area contributed by atoms with Crippen molar-refractivity contribution in [3.8, 4) is 5.75 Å². The van der Waals surface area contributed by atoms with Gasteiger partial charge in [0.1, 0.15) is 11.5 Å². The number of hydrogen-bond acceptors (Lipinski definition) is 4. The second-order valence-electron chi connectivity index (χ2n) is 5.03. The molecule has 2 aromatic rings. The number of aryl methyl sites for hydroxylation is 2. The maximum absolute atomic E-state index is 12.0. The Balaban J connectivity index is 1.95. The summed E-state index contributed by atoms with van der Waals surface area (Å²) in [6.07, 6.45) is 0.976. The zero-order valence-electron chi connectivity index (χ0n) is 12.5. The van der Waals surface area contributed by atoms with Gasteiger partial charge in [-0.15, -0.1) is 0 Å². The molecule has 1 amide bonds. The second kappa shape index (κ2) is 6.35. The second-order valence-corrected chi connectivity index (χ2v) is 5.03. The van der Waals surface area contributed by atoms with Gasteiger partial charge in [0.2, 0.25) is 0 Å². The molecule has 5 nitrogen and oxygen atoms in total. The summed E-state index contributed by atoms with van der Waals surface area (Å²) < 4.78 is 10.9. The monoisotopic (exact) mass is 288 g/mol. The Hall–Kier alpha value is -2.43. The third-order valence-corrected chi connectivity index (χ3v) is 3.25. The zero-order chi connectivity index (χ0) is 15.4. The Kier molecular flexibility index (Phi) is 4.52. The van der Waals surface area contributed by atoms with Crippen molar-refractivity contribution in [2.75, 3.05) is 5.73 Å². The van der Waals surface area contributed by atoms with Crippen molar-refractivity contribution < 1.29 is 13.9 Å². The SMILES string of the molecule is Cc1cc(OC(C)C(=O)NCc2ccco2)c(C)cc1N. The van der Waals surface area contributed by atoms with Crippen molar-refractivity contribution >= 4 is 11.6 Å². The van der Waals surface area contributed by atoms with E-state index >= 15 is 0 Å². The molecule has 1 aromatic heterocycles. The van der Waals surface area contributed by atoms with Crippen LogP contribution in [0.4, 0.5) is 5.69 Å². The molecule has 1 atom stereocenters. The van der Waals surface area contributed by atoms with Crippen LogP contribution in [0, 0.1) is 13.8 Å². The highest BCUT2D eigenvalue weighted by atomic mass is 16.5. The van der Waals surface area contributed by atoms with Crippen molar-refractivity contribution in [1.82, 2.24) is 5.32 Å². The molecule has 0 aliphatic carbocycles. The minimum Gasteiger partial charge on any atom is -0.481 e. The van der Waals surface area contributed by atoms with Gasteiger partial charge in [-0.3, -0.25) is 4.79 Å². The summed E-state index contributed by atoms with van der Waals surface area (Å²) in [5.74, 6) is 1.18. The lowest BCUT2D eigenvalue weighted by Gasteiger charge is -2.17. The molecular weight excluding hydrogens is 268 g/mol. The maximum Gasteiger partial charge on any atom is 0.261 e. The van der Waals surface area contributed by atoms with Gasteiger partial charge in [-0.1, -0.05) is 0 Å². The number of amides is 1. The predicted molar refractivity (Wildman–Crippen MR) is 81.0 cm³/mol. The van der Waals surface area contributed by atoms with E-state index in [0.29, 0.717) is 18.1 Å². The summed E-state index contributed by atoms with van der Waals surface area (Å²) in [6, 6.07) is 7.28. The molecule has 1 heterocycles. The van der Waals surface area contributed by atoms with E-state index in [1.165, 1.54) is 0 Å². The minimum absolute atomic E-state index is 0.194. The third-order valence-electron chi connectivity index (χ3n) is 3.25. The molecule has 0 aliphatic heterocycles. The number of nitrogens with one attached hydrogen (secondary N) is 1. The van der Waals surface area contributed by atoms with Gasteiger partial charge in [-0.05, 0) is 56.2 Å². The summed E-state index contributed by atoms with van der Waals surface area (Å²) in [5.41, 5.74) is 8.39. The Labute approximate surface area is 124 Å². The molecule has 1 unspecified atom stereocenters. The number of ether oxygens (including phenoxy) is 1. The first-order valence-corrected chi connectivity index (χ1v) is 6.81. The van der Waals surface area contributed by atoms with Crippen LogP contribution in [-0.4, -0.2) is 12.0 Å². The molecule has 21 heavy (non-hydrogen) atoms. The first kappa shape index (κ1) is 15.0. The summed E-state index contributed by atoms with van der Waals surface area (Å²) >= 11 is 0. The van der Waals surface area contributed by atoms with Crippen LogP contribution in [0.3, 0.4) is 0 Å². The van der Waals surface area contributed by atoms with Crippen LogP contribution in [0.5, 0.6) is 5.75 Å². The van der Waals surface area contributed by atoms with Crippen LogP contribution in [0.15, 0.2) is 34.9 Å². The number of benzene rings is 1. The minimum atomic E-state index is -0.596. The van der Waals surface area contributed by atoms with Gasteiger partial charge >= 0.3 is 0 Å². The van der Waals surface area contributed by atoms with Crippen molar-refractivity contribution in [3.05, 3.63) is 47.4 Å². The molecule has 112 valence electrons. The number of nitrogens with two attached hydrogens (primary N) is 1. The van der Waals surface area contributed by atoms with Gasteiger partial charge < -0.3 is 20.2 Å². The molecule has 0 saturated carbocycles. The third kappa shape index (κ3) is 3.78. The van der Waals surface area contributed by atoms with E-state index in [-0.39, 0.29) is 5.91 Å². The van der Waals surface area contributed by atoms with Crippen LogP contribution >= 0.6 is 0 Å². The van der Waals surface area contributed by atoms with Gasteiger partial charge in [-0.2, -0.15) is 0 Å². The molecule has 0 radical (unpaired) electrons. The number of nitrogen functional groups attached to an aromatic ring is 1. The Morgan fingerprint density at radius 2 is 2.14 bits per heavy atom. The lowest BCUT2D eigenvalue weighted by atomic mass is 10.1. The van der Waals surface area contributed by atoms with E-state index in [2.05, 4.69) is 5.32 Å². The topological polar surface area (TPSA) is 77.5 Å². The number of carbonyl (C=O) groups excluding carboxylic acids is 1. The Morgan fingerprint density at radius 1 is 1.38 bits per heavy atom. The fraction of sp³-hybridized carbons (Fsp3) is 0.312. The zero-order valence-corrected chi connectivity index (χ0v) is 12.5. The highest BCUT2D eigenvalue weighted by molar-refractivity contribution is 5.80. The van der Waals surface area contributed by atoms with Gasteiger partial charge in [-0.25, -0.2) is 0 Å². The highest BCUT2D eigenvalue weighted by Crippen LogP contribution is 2.25. The van der Waals surface area contributed by atoms with Gasteiger partial charge in [0.05, 0.1) is 12.8 Å². The Bertz CT molecular complexity index is 621. The fourth-order valence-corrected chi connectivity index (χ4v) is 1.91. The molecule has 5 heteroatoms. The number of anilines is 1. The fourth-order valence-electron chi connectivity index (χ4n) is 1.91. The van der Waals surface area contributed by atoms with Crippen molar-refractivity contribution in [1.29, 1.82) is 0 Å². The van der Waals surface area contributed by atoms with E-state index in [1.807, 2.05) is 26.0 Å². The van der Waals surface area contributed by atoms with Crippen molar-refractivity contribution in [3.63, 3.8) is 0 Å². The van der Waals surface area contributed by atoms with Crippen LogP contribution in [0.1, 0.15) is 23.8 Å². The molecular formula is C16H20N2O3. The molecule has 0 fully saturated rings. The normalized spacial score (nSPS) is 12.0. The highest BCUT2D eigenvalue weighted by Gasteiger charge is 2.16. The van der Waals surface area contributed by atoms with Gasteiger partial charge in [0.25, 0.3) is 5.91 Å². The quantitative estimate of drug-likeness (QED) is 0.829. The predicted octanol–water partition coefficient (Wildman–Crippen LogP) is 2.56. The molecule has 3 N–H and O–H groups in total. The van der Waals surface area contributed by atoms with Crippen LogP contribution in [0.2, 0.25) is 0 Å². The van der Waals surface area contributed by atoms with E-state index in [9.17, 15) is 4.79 Å². The maximum atomic E-state index is 12.0. The summed E-state index contributed by atoms with van der Waals surface area (Å²) in [5, 5.41) is 2.77. The molecule has 0 spiro atoms. The average Bonchev–Trinajstić information content (AvgIpc) is 2.95. The molecule has 0 aliphatic rings. The molecule has 1 aromatic carbocycles.